The van der Waals surface area contributed by atoms with E-state index in [0.717, 1.165) is 45.6 Å². The Balaban J connectivity index is 1.70. The summed E-state index contributed by atoms with van der Waals surface area (Å²) in [6.07, 6.45) is 2.21. The van der Waals surface area contributed by atoms with Crippen LogP contribution in [0, 0.1) is 0 Å². The number of piperazine rings is 1. The van der Waals surface area contributed by atoms with Crippen molar-refractivity contribution in [3.05, 3.63) is 0 Å². The second kappa shape index (κ2) is 6.33. The molecule has 0 aliphatic carbocycles. The third-order valence-corrected chi connectivity index (χ3v) is 3.48. The lowest BCUT2D eigenvalue weighted by atomic mass is 10.2. The first kappa shape index (κ1) is 12.8. The average molecular weight is 242 g/mol. The fourth-order valence-electron chi connectivity index (χ4n) is 2.29. The molecular weight excluding hydrogens is 220 g/mol. The van der Waals surface area contributed by atoms with Crippen molar-refractivity contribution in [1.82, 2.24) is 10.2 Å². The molecule has 2 aliphatic heterocycles. The van der Waals surface area contributed by atoms with Gasteiger partial charge in [0.1, 0.15) is 12.6 Å². The summed E-state index contributed by atoms with van der Waals surface area (Å²) in [5, 5.41) is 3.27. The van der Waals surface area contributed by atoms with Gasteiger partial charge in [-0.3, -0.25) is 9.69 Å². The minimum absolute atomic E-state index is 0.120. The Morgan fingerprint density at radius 1 is 1.53 bits per heavy atom. The summed E-state index contributed by atoms with van der Waals surface area (Å²) < 4.78 is 10.7. The molecule has 2 aliphatic rings. The van der Waals surface area contributed by atoms with Gasteiger partial charge in [-0.2, -0.15) is 0 Å². The minimum Gasteiger partial charge on any atom is -0.462 e. The summed E-state index contributed by atoms with van der Waals surface area (Å²) in [6.45, 7) is 6.85. The van der Waals surface area contributed by atoms with Crippen molar-refractivity contribution in [1.29, 1.82) is 0 Å². The van der Waals surface area contributed by atoms with Crippen molar-refractivity contribution in [3.63, 3.8) is 0 Å². The van der Waals surface area contributed by atoms with Crippen LogP contribution in [-0.2, 0) is 14.3 Å². The largest absolute Gasteiger partial charge is 0.462 e. The number of hydrogen-bond donors (Lipinski definition) is 1. The molecule has 0 spiro atoms. The van der Waals surface area contributed by atoms with Gasteiger partial charge in [0.25, 0.3) is 0 Å². The number of ether oxygens (including phenoxy) is 2. The van der Waals surface area contributed by atoms with Gasteiger partial charge in [0.05, 0.1) is 6.10 Å². The summed E-state index contributed by atoms with van der Waals surface area (Å²) in [5.41, 5.74) is 0. The second-order valence-corrected chi connectivity index (χ2v) is 4.73. The highest BCUT2D eigenvalue weighted by atomic mass is 16.6. The normalized spacial score (nSPS) is 27.9. The molecule has 0 aromatic rings. The van der Waals surface area contributed by atoms with Gasteiger partial charge in [0.15, 0.2) is 0 Å². The maximum absolute atomic E-state index is 11.9. The Morgan fingerprint density at radius 2 is 2.29 bits per heavy atom. The SMILES string of the molecule is CC(C(=O)OCC1CCCO1)N1CCNCC1. The van der Waals surface area contributed by atoms with E-state index in [0.29, 0.717) is 6.61 Å². The lowest BCUT2D eigenvalue weighted by Crippen LogP contribution is -2.50. The average Bonchev–Trinajstić information content (AvgIpc) is 2.89. The number of carbonyl (C=O) groups is 1. The molecule has 0 radical (unpaired) electrons. The molecule has 0 aromatic carbocycles. The van der Waals surface area contributed by atoms with Crippen molar-refractivity contribution in [2.24, 2.45) is 0 Å². The fourth-order valence-corrected chi connectivity index (χ4v) is 2.29. The molecule has 0 aromatic heterocycles. The molecule has 0 bridgehead atoms. The highest BCUT2D eigenvalue weighted by molar-refractivity contribution is 5.75. The molecule has 0 amide bonds. The molecule has 2 atom stereocenters. The third-order valence-electron chi connectivity index (χ3n) is 3.48. The molecule has 2 heterocycles. The van der Waals surface area contributed by atoms with E-state index in [4.69, 9.17) is 9.47 Å². The molecule has 0 saturated carbocycles. The maximum atomic E-state index is 11.9. The van der Waals surface area contributed by atoms with Crippen molar-refractivity contribution in [3.8, 4) is 0 Å². The predicted octanol–water partition coefficient (Wildman–Crippen LogP) is 0.00230. The van der Waals surface area contributed by atoms with Crippen LogP contribution in [0.4, 0.5) is 0 Å². The monoisotopic (exact) mass is 242 g/mol. The minimum atomic E-state index is -0.140. The standard InChI is InChI=1S/C12H22N2O3/c1-10(14-6-4-13-5-7-14)12(15)17-9-11-3-2-8-16-11/h10-11,13H,2-9H2,1H3. The fraction of sp³-hybridized carbons (Fsp3) is 0.917. The number of carbonyl (C=O) groups excluding carboxylic acids is 1. The number of esters is 1. The van der Waals surface area contributed by atoms with Gasteiger partial charge < -0.3 is 14.8 Å². The topological polar surface area (TPSA) is 50.8 Å². The van der Waals surface area contributed by atoms with E-state index >= 15 is 0 Å². The molecule has 17 heavy (non-hydrogen) atoms. The first-order valence-electron chi connectivity index (χ1n) is 6.50. The molecule has 2 unspecified atom stereocenters. The van der Waals surface area contributed by atoms with Crippen LogP contribution in [0.25, 0.3) is 0 Å². The summed E-state index contributed by atoms with van der Waals surface area (Å²) >= 11 is 0. The van der Waals surface area contributed by atoms with E-state index in [1.54, 1.807) is 0 Å². The van der Waals surface area contributed by atoms with Crippen molar-refractivity contribution in [2.45, 2.75) is 31.9 Å². The Morgan fingerprint density at radius 3 is 2.94 bits per heavy atom. The van der Waals surface area contributed by atoms with Gasteiger partial charge in [0.2, 0.25) is 0 Å². The lowest BCUT2D eigenvalue weighted by molar-refractivity contribution is -0.152. The van der Waals surface area contributed by atoms with Gasteiger partial charge in [-0.15, -0.1) is 0 Å². The van der Waals surface area contributed by atoms with Crippen LogP contribution < -0.4 is 5.32 Å². The molecule has 1 N–H and O–H groups in total. The van der Waals surface area contributed by atoms with Crippen molar-refractivity contribution >= 4 is 5.97 Å². The zero-order valence-electron chi connectivity index (χ0n) is 10.5. The summed E-state index contributed by atoms with van der Waals surface area (Å²) in [4.78, 5) is 14.0. The zero-order chi connectivity index (χ0) is 12.1. The first-order chi connectivity index (χ1) is 8.27. The molecule has 2 rings (SSSR count). The first-order valence-corrected chi connectivity index (χ1v) is 6.50. The van der Waals surface area contributed by atoms with Crippen LogP contribution >= 0.6 is 0 Å². The lowest BCUT2D eigenvalue weighted by Gasteiger charge is -2.31. The van der Waals surface area contributed by atoms with Crippen molar-refractivity contribution < 1.29 is 14.3 Å². The summed E-state index contributed by atoms with van der Waals surface area (Å²) in [5.74, 6) is -0.123. The highest BCUT2D eigenvalue weighted by Crippen LogP contribution is 2.13. The second-order valence-electron chi connectivity index (χ2n) is 4.73. The van der Waals surface area contributed by atoms with Crippen LogP contribution in [-0.4, -0.2) is 62.4 Å². The van der Waals surface area contributed by atoms with Gasteiger partial charge in [-0.1, -0.05) is 0 Å². The van der Waals surface area contributed by atoms with Crippen LogP contribution in [0.2, 0.25) is 0 Å². The van der Waals surface area contributed by atoms with Gasteiger partial charge in [-0.05, 0) is 19.8 Å². The Hall–Kier alpha value is -0.650. The van der Waals surface area contributed by atoms with E-state index in [1.165, 1.54) is 0 Å². The van der Waals surface area contributed by atoms with E-state index in [-0.39, 0.29) is 18.1 Å². The molecule has 5 heteroatoms. The Labute approximate surface area is 102 Å². The van der Waals surface area contributed by atoms with E-state index in [1.807, 2.05) is 6.92 Å². The molecule has 2 fully saturated rings. The van der Waals surface area contributed by atoms with E-state index < -0.39 is 0 Å². The van der Waals surface area contributed by atoms with Crippen LogP contribution in [0.3, 0.4) is 0 Å². The number of nitrogens with zero attached hydrogens (tertiary/aromatic N) is 1. The zero-order valence-corrected chi connectivity index (χ0v) is 10.5. The predicted molar refractivity (Wildman–Crippen MR) is 63.8 cm³/mol. The summed E-state index contributed by atoms with van der Waals surface area (Å²) in [7, 11) is 0. The van der Waals surface area contributed by atoms with Crippen LogP contribution in [0.15, 0.2) is 0 Å². The third kappa shape index (κ3) is 3.66. The number of nitrogens with one attached hydrogen (secondary N) is 1. The van der Waals surface area contributed by atoms with Gasteiger partial charge >= 0.3 is 5.97 Å². The number of rotatable bonds is 4. The van der Waals surface area contributed by atoms with Gasteiger partial charge in [0, 0.05) is 32.8 Å². The van der Waals surface area contributed by atoms with Gasteiger partial charge in [-0.25, -0.2) is 0 Å². The number of hydrogen-bond acceptors (Lipinski definition) is 5. The van der Waals surface area contributed by atoms with E-state index in [2.05, 4.69) is 10.2 Å². The van der Waals surface area contributed by atoms with E-state index in [9.17, 15) is 4.79 Å². The smallest absolute Gasteiger partial charge is 0.323 e. The quantitative estimate of drug-likeness (QED) is 0.703. The van der Waals surface area contributed by atoms with Crippen LogP contribution in [0.1, 0.15) is 19.8 Å². The molecular formula is C12H22N2O3. The maximum Gasteiger partial charge on any atom is 0.323 e. The Bertz CT molecular complexity index is 248. The van der Waals surface area contributed by atoms with Crippen molar-refractivity contribution in [2.75, 3.05) is 39.4 Å². The highest BCUT2D eigenvalue weighted by Gasteiger charge is 2.25. The summed E-state index contributed by atoms with van der Waals surface area (Å²) in [6, 6.07) is -0.140. The molecule has 5 nitrogen and oxygen atoms in total. The molecule has 98 valence electrons. The Kier molecular flexibility index (Phi) is 4.76. The molecule has 2 saturated heterocycles. The van der Waals surface area contributed by atoms with Crippen LogP contribution in [0.5, 0.6) is 0 Å².